The molecule has 1 aromatic heterocycles. The maximum absolute atomic E-state index is 11.6. The predicted octanol–water partition coefficient (Wildman–Crippen LogP) is 2.04. The molecule has 0 fully saturated rings. The van der Waals surface area contributed by atoms with Crippen molar-refractivity contribution in [2.45, 2.75) is 13.2 Å². The summed E-state index contributed by atoms with van der Waals surface area (Å²) in [6.45, 7) is 0.297. The molecule has 0 saturated carbocycles. The third-order valence-electron chi connectivity index (χ3n) is 2.53. The van der Waals surface area contributed by atoms with Crippen molar-refractivity contribution in [1.29, 1.82) is 0 Å². The van der Waals surface area contributed by atoms with Crippen molar-refractivity contribution < 1.29 is 14.3 Å². The second kappa shape index (κ2) is 5.82. The van der Waals surface area contributed by atoms with E-state index in [-0.39, 0.29) is 19.1 Å². The summed E-state index contributed by atoms with van der Waals surface area (Å²) in [5, 5.41) is 0. The monoisotopic (exact) mass is 243 g/mol. The summed E-state index contributed by atoms with van der Waals surface area (Å²) in [6, 6.07) is 12.8. The fourth-order valence-electron chi connectivity index (χ4n) is 1.60. The number of hydrogen-bond acceptors (Lipinski definition) is 3. The van der Waals surface area contributed by atoms with Crippen LogP contribution in [0.5, 0.6) is 0 Å². The second-order valence-electron chi connectivity index (χ2n) is 3.83. The molecule has 2 aromatic rings. The highest BCUT2D eigenvalue weighted by Gasteiger charge is 2.07. The molecule has 0 saturated heterocycles. The molecule has 92 valence electrons. The first-order valence-corrected chi connectivity index (χ1v) is 5.59. The van der Waals surface area contributed by atoms with E-state index in [2.05, 4.69) is 0 Å². The van der Waals surface area contributed by atoms with Crippen molar-refractivity contribution in [1.82, 2.24) is 4.57 Å². The van der Waals surface area contributed by atoms with E-state index in [1.54, 1.807) is 22.9 Å². The van der Waals surface area contributed by atoms with E-state index in [9.17, 15) is 9.59 Å². The topological polar surface area (TPSA) is 48.3 Å². The number of carbonyl (C=O) groups is 2. The van der Waals surface area contributed by atoms with Crippen LogP contribution in [0.3, 0.4) is 0 Å². The first kappa shape index (κ1) is 12.1. The van der Waals surface area contributed by atoms with Gasteiger partial charge >= 0.3 is 5.97 Å². The smallest absolute Gasteiger partial charge is 0.326 e. The molecule has 0 aliphatic heterocycles. The maximum atomic E-state index is 11.6. The quantitative estimate of drug-likeness (QED) is 0.596. The van der Waals surface area contributed by atoms with Gasteiger partial charge in [-0.15, -0.1) is 0 Å². The average molecular weight is 243 g/mol. The van der Waals surface area contributed by atoms with Crippen LogP contribution in [0.2, 0.25) is 0 Å². The van der Waals surface area contributed by atoms with Gasteiger partial charge in [-0.25, -0.2) is 0 Å². The molecule has 4 heteroatoms. The van der Waals surface area contributed by atoms with Crippen molar-refractivity contribution in [2.24, 2.45) is 0 Å². The SMILES string of the molecule is O=Cc1cccn1CC(=O)OCc1ccccc1. The minimum Gasteiger partial charge on any atom is -0.459 e. The number of aromatic nitrogens is 1. The Morgan fingerprint density at radius 2 is 1.94 bits per heavy atom. The Morgan fingerprint density at radius 1 is 1.17 bits per heavy atom. The molecule has 0 amide bonds. The van der Waals surface area contributed by atoms with Crippen molar-refractivity contribution in [2.75, 3.05) is 0 Å². The molecular formula is C14H13NO3. The standard InChI is InChI=1S/C14H13NO3/c16-10-13-7-4-8-15(13)9-14(17)18-11-12-5-2-1-3-6-12/h1-8,10H,9,11H2. The molecule has 18 heavy (non-hydrogen) atoms. The van der Waals surface area contributed by atoms with Gasteiger partial charge in [-0.1, -0.05) is 30.3 Å². The van der Waals surface area contributed by atoms with Crippen LogP contribution in [0.4, 0.5) is 0 Å². The molecular weight excluding hydrogens is 230 g/mol. The van der Waals surface area contributed by atoms with Crippen molar-refractivity contribution in [3.05, 3.63) is 59.9 Å². The minimum atomic E-state index is -0.363. The van der Waals surface area contributed by atoms with E-state index in [0.717, 1.165) is 5.56 Å². The van der Waals surface area contributed by atoms with Gasteiger partial charge in [-0.3, -0.25) is 9.59 Å². The Kier molecular flexibility index (Phi) is 3.91. The molecule has 1 aromatic carbocycles. The summed E-state index contributed by atoms with van der Waals surface area (Å²) < 4.78 is 6.68. The lowest BCUT2D eigenvalue weighted by Crippen LogP contribution is -2.14. The van der Waals surface area contributed by atoms with E-state index in [1.165, 1.54) is 0 Å². The molecule has 0 N–H and O–H groups in total. The first-order chi connectivity index (χ1) is 8.79. The molecule has 4 nitrogen and oxygen atoms in total. The summed E-state index contributed by atoms with van der Waals surface area (Å²) in [6.07, 6.45) is 2.39. The van der Waals surface area contributed by atoms with Crippen LogP contribution in [-0.4, -0.2) is 16.8 Å². The molecule has 0 aliphatic carbocycles. The predicted molar refractivity (Wildman–Crippen MR) is 66.1 cm³/mol. The van der Waals surface area contributed by atoms with Crippen LogP contribution >= 0.6 is 0 Å². The minimum absolute atomic E-state index is 0.0495. The molecule has 0 aliphatic rings. The van der Waals surface area contributed by atoms with Gasteiger partial charge in [0.2, 0.25) is 0 Å². The van der Waals surface area contributed by atoms with Crippen LogP contribution in [0, 0.1) is 0 Å². The number of carbonyl (C=O) groups excluding carboxylic acids is 2. The Balaban J connectivity index is 1.88. The van der Waals surface area contributed by atoms with E-state index in [0.29, 0.717) is 12.0 Å². The summed E-state index contributed by atoms with van der Waals surface area (Å²) in [5.41, 5.74) is 1.40. The molecule has 2 rings (SSSR count). The Bertz CT molecular complexity index is 531. The van der Waals surface area contributed by atoms with E-state index >= 15 is 0 Å². The van der Waals surface area contributed by atoms with Gasteiger partial charge in [-0.2, -0.15) is 0 Å². The lowest BCUT2D eigenvalue weighted by Gasteiger charge is -2.06. The summed E-state index contributed by atoms with van der Waals surface area (Å²) >= 11 is 0. The van der Waals surface area contributed by atoms with Crippen LogP contribution in [-0.2, 0) is 22.7 Å². The number of ether oxygens (including phenoxy) is 1. The average Bonchev–Trinajstić information content (AvgIpc) is 2.85. The number of rotatable bonds is 5. The summed E-state index contributed by atoms with van der Waals surface area (Å²) in [5.74, 6) is -0.363. The molecule has 0 bridgehead atoms. The highest BCUT2D eigenvalue weighted by atomic mass is 16.5. The largest absolute Gasteiger partial charge is 0.459 e. The van der Waals surface area contributed by atoms with E-state index in [4.69, 9.17) is 4.74 Å². The van der Waals surface area contributed by atoms with Crippen LogP contribution in [0.1, 0.15) is 16.1 Å². The van der Waals surface area contributed by atoms with Crippen molar-refractivity contribution in [3.8, 4) is 0 Å². The number of benzene rings is 1. The van der Waals surface area contributed by atoms with Gasteiger partial charge in [0, 0.05) is 6.20 Å². The van der Waals surface area contributed by atoms with Gasteiger partial charge in [0.1, 0.15) is 13.2 Å². The lowest BCUT2D eigenvalue weighted by atomic mass is 10.2. The number of nitrogens with zero attached hydrogens (tertiary/aromatic N) is 1. The molecule has 1 heterocycles. The summed E-state index contributed by atoms with van der Waals surface area (Å²) in [7, 11) is 0. The zero-order valence-corrected chi connectivity index (χ0v) is 9.78. The fraction of sp³-hybridized carbons (Fsp3) is 0.143. The first-order valence-electron chi connectivity index (χ1n) is 5.59. The molecule has 0 spiro atoms. The van der Waals surface area contributed by atoms with Crippen molar-refractivity contribution >= 4 is 12.3 Å². The maximum Gasteiger partial charge on any atom is 0.326 e. The Labute approximate surface area is 105 Å². The van der Waals surface area contributed by atoms with Crippen LogP contribution in [0.15, 0.2) is 48.7 Å². The lowest BCUT2D eigenvalue weighted by molar-refractivity contribution is -0.145. The van der Waals surface area contributed by atoms with Gasteiger partial charge in [0.15, 0.2) is 6.29 Å². The molecule has 0 radical (unpaired) electrons. The van der Waals surface area contributed by atoms with Gasteiger partial charge < -0.3 is 9.30 Å². The highest BCUT2D eigenvalue weighted by molar-refractivity contribution is 5.75. The third-order valence-corrected chi connectivity index (χ3v) is 2.53. The molecule has 0 atom stereocenters. The normalized spacial score (nSPS) is 10.0. The zero-order valence-electron chi connectivity index (χ0n) is 9.78. The zero-order chi connectivity index (χ0) is 12.8. The van der Waals surface area contributed by atoms with E-state index in [1.807, 2.05) is 30.3 Å². The van der Waals surface area contributed by atoms with Crippen molar-refractivity contribution in [3.63, 3.8) is 0 Å². The highest BCUT2D eigenvalue weighted by Crippen LogP contribution is 2.03. The van der Waals surface area contributed by atoms with Gasteiger partial charge in [-0.05, 0) is 17.7 Å². The number of aldehydes is 1. The van der Waals surface area contributed by atoms with Crippen LogP contribution < -0.4 is 0 Å². The second-order valence-corrected chi connectivity index (χ2v) is 3.83. The van der Waals surface area contributed by atoms with Gasteiger partial charge in [0.25, 0.3) is 0 Å². The Morgan fingerprint density at radius 3 is 2.67 bits per heavy atom. The number of esters is 1. The third kappa shape index (κ3) is 3.07. The van der Waals surface area contributed by atoms with Gasteiger partial charge in [0.05, 0.1) is 5.69 Å². The van der Waals surface area contributed by atoms with Crippen LogP contribution in [0.25, 0.3) is 0 Å². The molecule has 0 unspecified atom stereocenters. The fourth-order valence-corrected chi connectivity index (χ4v) is 1.60. The summed E-state index contributed by atoms with van der Waals surface area (Å²) in [4.78, 5) is 22.3. The van der Waals surface area contributed by atoms with E-state index < -0.39 is 0 Å². The number of hydrogen-bond donors (Lipinski definition) is 0. The Hall–Kier alpha value is -2.36.